The van der Waals surface area contributed by atoms with Gasteiger partial charge in [-0.3, -0.25) is 9.59 Å². The Morgan fingerprint density at radius 2 is 1.96 bits per heavy atom. The highest BCUT2D eigenvalue weighted by molar-refractivity contribution is 6.11. The second kappa shape index (κ2) is 5.62. The first-order valence-corrected chi connectivity index (χ1v) is 8.16. The number of H-pyrrole nitrogens is 1. The molecule has 24 heavy (non-hydrogen) atoms. The summed E-state index contributed by atoms with van der Waals surface area (Å²) in [5.74, 6) is 0.748. The predicted molar refractivity (Wildman–Crippen MR) is 92.6 cm³/mol. The lowest BCUT2D eigenvalue weighted by Crippen LogP contribution is -2.28. The summed E-state index contributed by atoms with van der Waals surface area (Å²) in [5, 5.41) is 0. The van der Waals surface area contributed by atoms with Crippen molar-refractivity contribution in [3.63, 3.8) is 0 Å². The Kier molecular flexibility index (Phi) is 3.86. The van der Waals surface area contributed by atoms with Gasteiger partial charge in [-0.25, -0.2) is 0 Å². The van der Waals surface area contributed by atoms with E-state index >= 15 is 0 Å². The topological polar surface area (TPSA) is 59.2 Å². The Hall–Kier alpha value is -2.36. The van der Waals surface area contributed by atoms with E-state index < -0.39 is 5.41 Å². The van der Waals surface area contributed by atoms with Gasteiger partial charge in [0.2, 0.25) is 0 Å². The van der Waals surface area contributed by atoms with Crippen molar-refractivity contribution in [1.29, 1.82) is 0 Å². The lowest BCUT2D eigenvalue weighted by Gasteiger charge is -2.25. The lowest BCUT2D eigenvalue weighted by atomic mass is 9.76. The summed E-state index contributed by atoms with van der Waals surface area (Å²) in [5.41, 5.74) is 1.26. The van der Waals surface area contributed by atoms with Gasteiger partial charge in [0.25, 0.3) is 0 Å². The van der Waals surface area contributed by atoms with Crippen LogP contribution in [0.5, 0.6) is 5.75 Å². The number of carbonyl (C=O) groups excluding carboxylic acids is 2. The fourth-order valence-electron chi connectivity index (χ4n) is 3.92. The zero-order chi connectivity index (χ0) is 17.5. The van der Waals surface area contributed by atoms with E-state index in [0.29, 0.717) is 23.3 Å². The summed E-state index contributed by atoms with van der Waals surface area (Å²) in [6, 6.07) is 7.09. The van der Waals surface area contributed by atoms with Gasteiger partial charge < -0.3 is 9.72 Å². The van der Waals surface area contributed by atoms with E-state index in [1.54, 1.807) is 43.8 Å². The van der Waals surface area contributed by atoms with Crippen LogP contribution in [-0.2, 0) is 10.2 Å². The van der Waals surface area contributed by atoms with E-state index in [4.69, 9.17) is 4.74 Å². The minimum atomic E-state index is -0.618. The van der Waals surface area contributed by atoms with E-state index in [1.807, 2.05) is 6.92 Å². The molecule has 0 spiro atoms. The molecule has 1 atom stereocenters. The average Bonchev–Trinajstić information content (AvgIpc) is 3.10. The number of aromatic nitrogens is 1. The lowest BCUT2D eigenvalue weighted by molar-refractivity contribution is -0.121. The van der Waals surface area contributed by atoms with Gasteiger partial charge in [-0.2, -0.15) is 0 Å². The molecule has 1 aliphatic carbocycles. The molecule has 1 heterocycles. The molecule has 0 saturated heterocycles. The molecule has 0 unspecified atom stereocenters. The van der Waals surface area contributed by atoms with Crippen LogP contribution < -0.4 is 4.74 Å². The molecular formula is C20H23NO3. The molecule has 0 aliphatic heterocycles. The quantitative estimate of drug-likeness (QED) is 0.867. The molecular weight excluding hydrogens is 302 g/mol. The molecule has 2 aromatic rings. The standard InChI is InChI=1S/C20H23NO3/c1-19(2)9-17(22)20(3,12-19)16-11-21-10-15(16)18(23)13-6-5-7-14(8-13)24-4/h5-8,10-11,21H,9,12H2,1-4H3/t20-/m1/s1. The Morgan fingerprint density at radius 3 is 2.58 bits per heavy atom. The van der Waals surface area contributed by atoms with Crippen molar-refractivity contribution < 1.29 is 14.3 Å². The molecule has 1 aliphatic rings. The fourth-order valence-corrected chi connectivity index (χ4v) is 3.92. The van der Waals surface area contributed by atoms with E-state index in [2.05, 4.69) is 18.8 Å². The number of nitrogens with one attached hydrogen (secondary N) is 1. The number of ether oxygens (including phenoxy) is 1. The van der Waals surface area contributed by atoms with Gasteiger partial charge in [0.05, 0.1) is 12.5 Å². The molecule has 126 valence electrons. The summed E-state index contributed by atoms with van der Waals surface area (Å²) >= 11 is 0. The normalized spacial score (nSPS) is 22.6. The van der Waals surface area contributed by atoms with Crippen molar-refractivity contribution >= 4 is 11.6 Å². The summed E-state index contributed by atoms with van der Waals surface area (Å²) < 4.78 is 5.20. The number of ketones is 2. The van der Waals surface area contributed by atoms with E-state index in [1.165, 1.54) is 0 Å². The van der Waals surface area contributed by atoms with Gasteiger partial charge in [0.1, 0.15) is 11.5 Å². The molecule has 1 fully saturated rings. The van der Waals surface area contributed by atoms with Crippen LogP contribution in [0.4, 0.5) is 0 Å². The Balaban J connectivity index is 2.02. The predicted octanol–water partition coefficient (Wildman–Crippen LogP) is 3.90. The maximum Gasteiger partial charge on any atom is 0.194 e. The highest BCUT2D eigenvalue weighted by atomic mass is 16.5. The van der Waals surface area contributed by atoms with Crippen LogP contribution in [0.3, 0.4) is 0 Å². The van der Waals surface area contributed by atoms with Crippen LogP contribution >= 0.6 is 0 Å². The summed E-state index contributed by atoms with van der Waals surface area (Å²) in [7, 11) is 1.58. The Morgan fingerprint density at radius 1 is 1.21 bits per heavy atom. The van der Waals surface area contributed by atoms with Gasteiger partial charge in [0.15, 0.2) is 5.78 Å². The zero-order valence-electron chi connectivity index (χ0n) is 14.6. The van der Waals surface area contributed by atoms with Crippen molar-refractivity contribution in [2.45, 2.75) is 39.0 Å². The minimum absolute atomic E-state index is 0.0423. The largest absolute Gasteiger partial charge is 0.497 e. The van der Waals surface area contributed by atoms with Gasteiger partial charge in [-0.05, 0) is 36.5 Å². The SMILES string of the molecule is COc1cccc(C(=O)c2c[nH]cc2[C@@]2(C)CC(C)(C)CC2=O)c1. The van der Waals surface area contributed by atoms with Crippen molar-refractivity contribution in [1.82, 2.24) is 4.98 Å². The fraction of sp³-hybridized carbons (Fsp3) is 0.400. The van der Waals surface area contributed by atoms with Crippen LogP contribution in [0, 0.1) is 5.41 Å². The number of Topliss-reactive ketones (excluding diaryl/α,β-unsaturated/α-hetero) is 1. The highest BCUT2D eigenvalue weighted by Crippen LogP contribution is 2.48. The number of carbonyl (C=O) groups is 2. The van der Waals surface area contributed by atoms with Crippen LogP contribution in [0.15, 0.2) is 36.7 Å². The third-order valence-electron chi connectivity index (χ3n) is 5.00. The van der Waals surface area contributed by atoms with Crippen molar-refractivity contribution in [2.24, 2.45) is 5.41 Å². The molecule has 0 radical (unpaired) electrons. The van der Waals surface area contributed by atoms with Gasteiger partial charge in [-0.15, -0.1) is 0 Å². The van der Waals surface area contributed by atoms with E-state index in [-0.39, 0.29) is 17.0 Å². The number of hydrogen-bond acceptors (Lipinski definition) is 3. The second-order valence-corrected chi connectivity index (χ2v) is 7.62. The summed E-state index contributed by atoms with van der Waals surface area (Å²) in [6.07, 6.45) is 4.78. The smallest absolute Gasteiger partial charge is 0.194 e. The van der Waals surface area contributed by atoms with Crippen LogP contribution in [-0.4, -0.2) is 23.7 Å². The molecule has 4 nitrogen and oxygen atoms in total. The molecule has 0 bridgehead atoms. The molecule has 3 rings (SSSR count). The molecule has 1 aromatic heterocycles. The van der Waals surface area contributed by atoms with Crippen LogP contribution in [0.2, 0.25) is 0 Å². The summed E-state index contributed by atoms with van der Waals surface area (Å²) in [6.45, 7) is 6.16. The van der Waals surface area contributed by atoms with Crippen molar-refractivity contribution in [3.8, 4) is 5.75 Å². The first-order chi connectivity index (χ1) is 11.3. The zero-order valence-corrected chi connectivity index (χ0v) is 14.6. The second-order valence-electron chi connectivity index (χ2n) is 7.62. The number of aromatic amines is 1. The molecule has 4 heteroatoms. The Labute approximate surface area is 142 Å². The average molecular weight is 325 g/mol. The monoisotopic (exact) mass is 325 g/mol. The molecule has 1 saturated carbocycles. The summed E-state index contributed by atoms with van der Waals surface area (Å²) in [4.78, 5) is 28.7. The first-order valence-electron chi connectivity index (χ1n) is 8.16. The Bertz CT molecular complexity index is 803. The third-order valence-corrected chi connectivity index (χ3v) is 5.00. The van der Waals surface area contributed by atoms with Crippen molar-refractivity contribution in [3.05, 3.63) is 53.3 Å². The van der Waals surface area contributed by atoms with Gasteiger partial charge >= 0.3 is 0 Å². The number of benzene rings is 1. The number of methoxy groups -OCH3 is 1. The van der Waals surface area contributed by atoms with E-state index in [0.717, 1.165) is 12.0 Å². The first kappa shape index (κ1) is 16.5. The van der Waals surface area contributed by atoms with Crippen LogP contribution in [0.25, 0.3) is 0 Å². The number of rotatable bonds is 4. The third kappa shape index (κ3) is 2.66. The molecule has 1 N–H and O–H groups in total. The van der Waals surface area contributed by atoms with Gasteiger partial charge in [-0.1, -0.05) is 26.0 Å². The van der Waals surface area contributed by atoms with Gasteiger partial charge in [0, 0.05) is 29.9 Å². The van der Waals surface area contributed by atoms with Crippen molar-refractivity contribution in [2.75, 3.05) is 7.11 Å². The van der Waals surface area contributed by atoms with Crippen LogP contribution in [0.1, 0.15) is 55.1 Å². The maximum atomic E-state index is 13.0. The maximum absolute atomic E-state index is 13.0. The molecule has 1 aromatic carbocycles. The molecule has 0 amide bonds. The number of hydrogen-bond donors (Lipinski definition) is 1. The highest BCUT2D eigenvalue weighted by Gasteiger charge is 2.49. The van der Waals surface area contributed by atoms with E-state index in [9.17, 15) is 9.59 Å². The minimum Gasteiger partial charge on any atom is -0.497 e.